The van der Waals surface area contributed by atoms with Gasteiger partial charge in [-0.2, -0.15) is 0 Å². The molecule has 0 spiro atoms. The van der Waals surface area contributed by atoms with E-state index in [-0.39, 0.29) is 0 Å². The van der Waals surface area contributed by atoms with Crippen LogP contribution in [0.2, 0.25) is 0 Å². The fraction of sp³-hybridized carbons (Fsp3) is 0.294. The summed E-state index contributed by atoms with van der Waals surface area (Å²) in [6.07, 6.45) is 17.4. The van der Waals surface area contributed by atoms with E-state index in [0.717, 1.165) is 5.76 Å². The van der Waals surface area contributed by atoms with Crippen LogP contribution in [-0.4, -0.2) is 13.2 Å². The largest absolute Gasteiger partial charge is 0.458 e. The van der Waals surface area contributed by atoms with E-state index >= 15 is 0 Å². The molecule has 2 heteroatoms. The smallest absolute Gasteiger partial charge is 0.123 e. The summed E-state index contributed by atoms with van der Waals surface area (Å²) in [4.78, 5) is 0. The molecule has 0 bridgehead atoms. The lowest BCUT2D eigenvalue weighted by atomic mass is 10.2. The van der Waals surface area contributed by atoms with Crippen molar-refractivity contribution in [3.05, 3.63) is 72.8 Å². The van der Waals surface area contributed by atoms with E-state index in [4.69, 9.17) is 9.47 Å². The van der Waals surface area contributed by atoms with Crippen LogP contribution < -0.4 is 0 Å². The third-order valence-corrected chi connectivity index (χ3v) is 2.21. The van der Waals surface area contributed by atoms with E-state index in [1.807, 2.05) is 48.6 Å². The standard InChI is InChI=1S/C17H22O2/c1-15(2)14-17-11-7-5-9-13-18-12-8-4-6-10-16(3)19-17/h4-11,14-15H,3,12-13H2,1-2H3/b8-4-,9-5-,10-6-,11-7-,17-14+. The van der Waals surface area contributed by atoms with E-state index in [1.165, 1.54) is 0 Å². The zero-order valence-corrected chi connectivity index (χ0v) is 11.7. The zero-order chi connectivity index (χ0) is 13.9. The van der Waals surface area contributed by atoms with Crippen molar-refractivity contribution < 1.29 is 9.47 Å². The molecule has 1 heterocycles. The number of ether oxygens (including phenoxy) is 2. The molecule has 0 atom stereocenters. The highest BCUT2D eigenvalue weighted by Gasteiger charge is 1.97. The summed E-state index contributed by atoms with van der Waals surface area (Å²) >= 11 is 0. The van der Waals surface area contributed by atoms with E-state index in [1.54, 1.807) is 0 Å². The Balaban J connectivity index is 2.81. The lowest BCUT2D eigenvalue weighted by Gasteiger charge is -2.07. The van der Waals surface area contributed by atoms with Gasteiger partial charge in [-0.15, -0.1) is 0 Å². The van der Waals surface area contributed by atoms with Crippen LogP contribution >= 0.6 is 0 Å². The summed E-state index contributed by atoms with van der Waals surface area (Å²) in [5.41, 5.74) is 0. The Kier molecular flexibility index (Phi) is 7.37. The molecule has 0 N–H and O–H groups in total. The maximum absolute atomic E-state index is 5.70. The highest BCUT2D eigenvalue weighted by Crippen LogP contribution is 2.11. The van der Waals surface area contributed by atoms with E-state index in [0.29, 0.717) is 24.9 Å². The molecule has 0 radical (unpaired) electrons. The predicted molar refractivity (Wildman–Crippen MR) is 80.5 cm³/mol. The van der Waals surface area contributed by atoms with Crippen molar-refractivity contribution in [1.29, 1.82) is 0 Å². The molecule has 19 heavy (non-hydrogen) atoms. The molecule has 0 aromatic rings. The van der Waals surface area contributed by atoms with Crippen molar-refractivity contribution in [3.8, 4) is 0 Å². The highest BCUT2D eigenvalue weighted by atomic mass is 16.5. The molecule has 1 aliphatic heterocycles. The predicted octanol–water partition coefficient (Wildman–Crippen LogP) is 4.31. The SMILES string of the molecule is C=C1/C=C\C=C/COC\C=C/C=C\C(=C/C(C)C)O1. The number of hydrogen-bond acceptors (Lipinski definition) is 2. The van der Waals surface area contributed by atoms with Crippen LogP contribution in [0.15, 0.2) is 72.8 Å². The van der Waals surface area contributed by atoms with Crippen molar-refractivity contribution in [2.45, 2.75) is 13.8 Å². The van der Waals surface area contributed by atoms with Crippen molar-refractivity contribution in [1.82, 2.24) is 0 Å². The van der Waals surface area contributed by atoms with Crippen molar-refractivity contribution >= 4 is 0 Å². The summed E-state index contributed by atoms with van der Waals surface area (Å²) < 4.78 is 11.1. The molecule has 0 aliphatic carbocycles. The summed E-state index contributed by atoms with van der Waals surface area (Å²) in [5.74, 6) is 1.84. The minimum absolute atomic E-state index is 0.419. The third kappa shape index (κ3) is 8.01. The van der Waals surface area contributed by atoms with Gasteiger partial charge in [0, 0.05) is 0 Å². The second kappa shape index (κ2) is 9.17. The Bertz CT molecular complexity index is 421. The first kappa shape index (κ1) is 15.3. The molecule has 0 amide bonds. The molecule has 1 aliphatic rings. The van der Waals surface area contributed by atoms with Gasteiger partial charge in [0.2, 0.25) is 0 Å². The summed E-state index contributed by atoms with van der Waals surface area (Å²) in [6.45, 7) is 9.31. The minimum Gasteiger partial charge on any atom is -0.458 e. The van der Waals surface area contributed by atoms with E-state index in [9.17, 15) is 0 Å². The number of hydrogen-bond donors (Lipinski definition) is 0. The Morgan fingerprint density at radius 3 is 2.32 bits per heavy atom. The van der Waals surface area contributed by atoms with Gasteiger partial charge in [-0.3, -0.25) is 0 Å². The van der Waals surface area contributed by atoms with Crippen LogP contribution in [0.25, 0.3) is 0 Å². The Labute approximate surface area is 116 Å². The second-order valence-electron chi connectivity index (χ2n) is 4.49. The molecular formula is C17H22O2. The summed E-state index contributed by atoms with van der Waals surface area (Å²) in [5, 5.41) is 0. The van der Waals surface area contributed by atoms with Crippen LogP contribution in [0.5, 0.6) is 0 Å². The monoisotopic (exact) mass is 258 g/mol. The third-order valence-electron chi connectivity index (χ3n) is 2.21. The van der Waals surface area contributed by atoms with Crippen LogP contribution in [-0.2, 0) is 9.47 Å². The zero-order valence-electron chi connectivity index (χ0n) is 11.7. The van der Waals surface area contributed by atoms with Gasteiger partial charge in [0.05, 0.1) is 13.2 Å². The maximum Gasteiger partial charge on any atom is 0.123 e. The quantitative estimate of drug-likeness (QED) is 0.697. The topological polar surface area (TPSA) is 18.5 Å². The van der Waals surface area contributed by atoms with Crippen molar-refractivity contribution in [2.24, 2.45) is 5.92 Å². The molecule has 0 aromatic carbocycles. The van der Waals surface area contributed by atoms with Crippen LogP contribution in [0.3, 0.4) is 0 Å². The second-order valence-corrected chi connectivity index (χ2v) is 4.49. The summed E-state index contributed by atoms with van der Waals surface area (Å²) in [7, 11) is 0. The number of allylic oxidation sites excluding steroid dienone is 7. The molecule has 1 rings (SSSR count). The average molecular weight is 258 g/mol. The lowest BCUT2D eigenvalue weighted by molar-refractivity contribution is 0.194. The Morgan fingerprint density at radius 1 is 1.05 bits per heavy atom. The van der Waals surface area contributed by atoms with Crippen molar-refractivity contribution in [2.75, 3.05) is 13.2 Å². The molecular weight excluding hydrogens is 236 g/mol. The minimum atomic E-state index is 0.419. The summed E-state index contributed by atoms with van der Waals surface area (Å²) in [6, 6.07) is 0. The van der Waals surface area contributed by atoms with Crippen LogP contribution in [0.1, 0.15) is 13.8 Å². The van der Waals surface area contributed by atoms with Gasteiger partial charge in [-0.25, -0.2) is 0 Å². The fourth-order valence-electron chi connectivity index (χ4n) is 1.42. The van der Waals surface area contributed by atoms with Gasteiger partial charge in [-0.1, -0.05) is 56.9 Å². The molecule has 102 valence electrons. The first-order valence-corrected chi connectivity index (χ1v) is 6.51. The van der Waals surface area contributed by atoms with Gasteiger partial charge in [0.15, 0.2) is 0 Å². The van der Waals surface area contributed by atoms with Gasteiger partial charge in [0.1, 0.15) is 11.5 Å². The molecule has 0 saturated carbocycles. The highest BCUT2D eigenvalue weighted by molar-refractivity contribution is 5.23. The maximum atomic E-state index is 5.70. The molecule has 0 saturated heterocycles. The van der Waals surface area contributed by atoms with E-state index < -0.39 is 0 Å². The van der Waals surface area contributed by atoms with Crippen LogP contribution in [0.4, 0.5) is 0 Å². The first-order valence-electron chi connectivity index (χ1n) is 6.51. The average Bonchev–Trinajstić information content (AvgIpc) is 2.34. The normalized spacial score (nSPS) is 26.5. The Hall–Kier alpha value is -1.80. The first-order chi connectivity index (χ1) is 9.18. The van der Waals surface area contributed by atoms with Gasteiger partial charge < -0.3 is 9.47 Å². The van der Waals surface area contributed by atoms with E-state index in [2.05, 4.69) is 26.5 Å². The molecule has 0 unspecified atom stereocenters. The van der Waals surface area contributed by atoms with Crippen LogP contribution in [0, 0.1) is 5.92 Å². The Morgan fingerprint density at radius 2 is 1.68 bits per heavy atom. The lowest BCUT2D eigenvalue weighted by Crippen LogP contribution is -1.92. The molecule has 2 nitrogen and oxygen atoms in total. The van der Waals surface area contributed by atoms with Gasteiger partial charge in [0.25, 0.3) is 0 Å². The molecule has 0 fully saturated rings. The van der Waals surface area contributed by atoms with Gasteiger partial charge in [-0.05, 0) is 24.1 Å². The van der Waals surface area contributed by atoms with Crippen molar-refractivity contribution in [3.63, 3.8) is 0 Å². The fourth-order valence-corrected chi connectivity index (χ4v) is 1.42. The number of rotatable bonds is 1. The molecule has 0 aromatic heterocycles. The van der Waals surface area contributed by atoms with Gasteiger partial charge >= 0.3 is 0 Å².